The zero-order valence-corrected chi connectivity index (χ0v) is 11.7. The lowest BCUT2D eigenvalue weighted by molar-refractivity contribution is -0.133. The first-order chi connectivity index (χ1) is 9.02. The van der Waals surface area contributed by atoms with Crippen molar-refractivity contribution in [1.29, 1.82) is 0 Å². The number of nitrogens with two attached hydrogens (primary N) is 2. The molecule has 0 radical (unpaired) electrons. The van der Waals surface area contributed by atoms with E-state index in [1.165, 1.54) is 0 Å². The standard InChI is InChI=1S/C13H26N4O2/c1-10(7-14)4-5-12(18)17-6-2-3-11(9-17)8-16-13(15)19/h10-11H,2-9,14H2,1H3,(H3,15,16,19). The minimum atomic E-state index is -0.500. The van der Waals surface area contributed by atoms with Gasteiger partial charge in [0, 0.05) is 26.1 Å². The fourth-order valence-corrected chi connectivity index (χ4v) is 2.35. The molecule has 0 bridgehead atoms. The highest BCUT2D eigenvalue weighted by atomic mass is 16.2. The third-order valence-electron chi connectivity index (χ3n) is 3.69. The van der Waals surface area contributed by atoms with Crippen LogP contribution in [0.4, 0.5) is 4.79 Å². The Hall–Kier alpha value is -1.30. The van der Waals surface area contributed by atoms with E-state index in [-0.39, 0.29) is 5.91 Å². The summed E-state index contributed by atoms with van der Waals surface area (Å²) in [6, 6.07) is -0.500. The Kier molecular flexibility index (Phi) is 6.62. The van der Waals surface area contributed by atoms with Crippen molar-refractivity contribution in [3.05, 3.63) is 0 Å². The van der Waals surface area contributed by atoms with Crippen molar-refractivity contribution in [2.45, 2.75) is 32.6 Å². The summed E-state index contributed by atoms with van der Waals surface area (Å²) >= 11 is 0. The average Bonchev–Trinajstić information content (AvgIpc) is 2.42. The molecule has 1 aliphatic rings. The molecule has 0 spiro atoms. The highest BCUT2D eigenvalue weighted by Gasteiger charge is 2.23. The number of rotatable bonds is 6. The maximum Gasteiger partial charge on any atom is 0.312 e. The molecule has 1 heterocycles. The second-order valence-electron chi connectivity index (χ2n) is 5.47. The molecule has 0 aromatic rings. The highest BCUT2D eigenvalue weighted by molar-refractivity contribution is 5.76. The average molecular weight is 270 g/mol. The van der Waals surface area contributed by atoms with E-state index in [0.717, 1.165) is 32.4 Å². The van der Waals surface area contributed by atoms with Crippen LogP contribution in [0.15, 0.2) is 0 Å². The van der Waals surface area contributed by atoms with Crippen LogP contribution >= 0.6 is 0 Å². The highest BCUT2D eigenvalue weighted by Crippen LogP contribution is 2.17. The molecule has 6 heteroatoms. The molecular weight excluding hydrogens is 244 g/mol. The Morgan fingerprint density at radius 1 is 1.47 bits per heavy atom. The molecule has 3 amide bonds. The van der Waals surface area contributed by atoms with Gasteiger partial charge in [-0.25, -0.2) is 4.79 Å². The maximum absolute atomic E-state index is 12.1. The number of urea groups is 1. The van der Waals surface area contributed by atoms with E-state index in [1.807, 2.05) is 4.90 Å². The third-order valence-corrected chi connectivity index (χ3v) is 3.69. The number of hydrogen-bond donors (Lipinski definition) is 3. The van der Waals surface area contributed by atoms with Crippen molar-refractivity contribution in [2.75, 3.05) is 26.2 Å². The van der Waals surface area contributed by atoms with Crippen LogP contribution in [0.5, 0.6) is 0 Å². The second kappa shape index (κ2) is 7.99. The fraction of sp³-hybridized carbons (Fsp3) is 0.846. The van der Waals surface area contributed by atoms with E-state index in [9.17, 15) is 9.59 Å². The van der Waals surface area contributed by atoms with E-state index in [1.54, 1.807) is 0 Å². The minimum Gasteiger partial charge on any atom is -0.352 e. The van der Waals surface area contributed by atoms with Gasteiger partial charge in [-0.05, 0) is 37.6 Å². The van der Waals surface area contributed by atoms with Crippen LogP contribution in [0.25, 0.3) is 0 Å². The molecule has 0 aromatic carbocycles. The summed E-state index contributed by atoms with van der Waals surface area (Å²) < 4.78 is 0. The molecule has 19 heavy (non-hydrogen) atoms. The Morgan fingerprint density at radius 2 is 2.21 bits per heavy atom. The van der Waals surface area contributed by atoms with Crippen LogP contribution in [0.2, 0.25) is 0 Å². The monoisotopic (exact) mass is 270 g/mol. The first-order valence-corrected chi connectivity index (χ1v) is 7.04. The lowest BCUT2D eigenvalue weighted by Crippen LogP contribution is -2.44. The van der Waals surface area contributed by atoms with Gasteiger partial charge in [0.1, 0.15) is 0 Å². The molecule has 1 fully saturated rings. The van der Waals surface area contributed by atoms with Crippen LogP contribution in [-0.4, -0.2) is 43.0 Å². The van der Waals surface area contributed by atoms with E-state index in [0.29, 0.717) is 31.3 Å². The fourth-order valence-electron chi connectivity index (χ4n) is 2.35. The Balaban J connectivity index is 2.32. The largest absolute Gasteiger partial charge is 0.352 e. The molecule has 2 unspecified atom stereocenters. The number of piperidine rings is 1. The van der Waals surface area contributed by atoms with Gasteiger partial charge in [-0.1, -0.05) is 6.92 Å². The molecule has 1 aliphatic heterocycles. The lowest BCUT2D eigenvalue weighted by atomic mass is 9.97. The number of hydrogen-bond acceptors (Lipinski definition) is 3. The van der Waals surface area contributed by atoms with Crippen LogP contribution < -0.4 is 16.8 Å². The number of amides is 3. The van der Waals surface area contributed by atoms with Crippen LogP contribution in [-0.2, 0) is 4.79 Å². The number of primary amides is 1. The van der Waals surface area contributed by atoms with Gasteiger partial charge in [0.2, 0.25) is 5.91 Å². The van der Waals surface area contributed by atoms with Gasteiger partial charge in [0.05, 0.1) is 0 Å². The van der Waals surface area contributed by atoms with Crippen molar-refractivity contribution in [1.82, 2.24) is 10.2 Å². The molecule has 1 saturated heterocycles. The number of nitrogens with zero attached hydrogens (tertiary/aromatic N) is 1. The van der Waals surface area contributed by atoms with Gasteiger partial charge in [0.15, 0.2) is 0 Å². The molecular formula is C13H26N4O2. The third kappa shape index (κ3) is 5.92. The van der Waals surface area contributed by atoms with E-state index >= 15 is 0 Å². The van der Waals surface area contributed by atoms with Gasteiger partial charge in [0.25, 0.3) is 0 Å². The summed E-state index contributed by atoms with van der Waals surface area (Å²) in [7, 11) is 0. The Bertz CT molecular complexity index is 309. The SMILES string of the molecule is CC(CN)CCC(=O)N1CCCC(CNC(N)=O)C1. The number of carbonyl (C=O) groups is 2. The van der Waals surface area contributed by atoms with Gasteiger partial charge in [-0.15, -0.1) is 0 Å². The lowest BCUT2D eigenvalue weighted by Gasteiger charge is -2.33. The molecule has 110 valence electrons. The second-order valence-corrected chi connectivity index (χ2v) is 5.47. The zero-order chi connectivity index (χ0) is 14.3. The first kappa shape index (κ1) is 15.8. The number of nitrogens with one attached hydrogen (secondary N) is 1. The van der Waals surface area contributed by atoms with E-state index in [4.69, 9.17) is 11.5 Å². The maximum atomic E-state index is 12.1. The molecule has 0 saturated carbocycles. The quantitative estimate of drug-likeness (QED) is 0.645. The summed E-state index contributed by atoms with van der Waals surface area (Å²) in [5.41, 5.74) is 10.6. The Morgan fingerprint density at radius 3 is 2.84 bits per heavy atom. The molecule has 2 atom stereocenters. The zero-order valence-electron chi connectivity index (χ0n) is 11.7. The van der Waals surface area contributed by atoms with Crippen LogP contribution in [0.1, 0.15) is 32.6 Å². The van der Waals surface area contributed by atoms with Crippen molar-refractivity contribution in [3.8, 4) is 0 Å². The smallest absolute Gasteiger partial charge is 0.312 e. The van der Waals surface area contributed by atoms with Crippen molar-refractivity contribution < 1.29 is 9.59 Å². The number of carbonyl (C=O) groups excluding carboxylic acids is 2. The predicted octanol–water partition coefficient (Wildman–Crippen LogP) is 0.268. The van der Waals surface area contributed by atoms with Gasteiger partial charge < -0.3 is 21.7 Å². The molecule has 0 aliphatic carbocycles. The van der Waals surface area contributed by atoms with E-state index < -0.39 is 6.03 Å². The van der Waals surface area contributed by atoms with Gasteiger partial charge in [-0.2, -0.15) is 0 Å². The Labute approximate surface area is 114 Å². The summed E-state index contributed by atoms with van der Waals surface area (Å²) in [6.07, 6.45) is 3.43. The van der Waals surface area contributed by atoms with Crippen LogP contribution in [0.3, 0.4) is 0 Å². The summed E-state index contributed by atoms with van der Waals surface area (Å²) in [6.45, 7) is 4.78. The molecule has 0 aromatic heterocycles. The first-order valence-electron chi connectivity index (χ1n) is 7.04. The molecule has 5 N–H and O–H groups in total. The summed E-state index contributed by atoms with van der Waals surface area (Å²) in [4.78, 5) is 24.7. The van der Waals surface area contributed by atoms with Crippen LogP contribution in [0, 0.1) is 11.8 Å². The van der Waals surface area contributed by atoms with E-state index in [2.05, 4.69) is 12.2 Å². The topological polar surface area (TPSA) is 101 Å². The van der Waals surface area contributed by atoms with Gasteiger partial charge >= 0.3 is 6.03 Å². The van der Waals surface area contributed by atoms with Crippen molar-refractivity contribution >= 4 is 11.9 Å². The minimum absolute atomic E-state index is 0.198. The van der Waals surface area contributed by atoms with Gasteiger partial charge in [-0.3, -0.25) is 4.79 Å². The summed E-state index contributed by atoms with van der Waals surface area (Å²) in [5.74, 6) is 0.905. The summed E-state index contributed by atoms with van der Waals surface area (Å²) in [5, 5.41) is 2.62. The normalized spacial score (nSPS) is 20.9. The molecule has 6 nitrogen and oxygen atoms in total. The number of likely N-dealkylation sites (tertiary alicyclic amines) is 1. The predicted molar refractivity (Wildman–Crippen MR) is 74.3 cm³/mol. The molecule has 1 rings (SSSR count). The van der Waals surface area contributed by atoms with Crippen molar-refractivity contribution in [3.63, 3.8) is 0 Å². The van der Waals surface area contributed by atoms with Crippen molar-refractivity contribution in [2.24, 2.45) is 23.3 Å².